The van der Waals surface area contributed by atoms with Crippen LogP contribution in [0.3, 0.4) is 0 Å². The molecule has 0 amide bonds. The average Bonchev–Trinajstić information content (AvgIpc) is 3.22. The van der Waals surface area contributed by atoms with Crippen molar-refractivity contribution in [2.24, 2.45) is 0 Å². The summed E-state index contributed by atoms with van der Waals surface area (Å²) in [5.41, 5.74) is 4.49. The molecule has 4 rings (SSSR count). The summed E-state index contributed by atoms with van der Waals surface area (Å²) in [6, 6.07) is 10.6. The van der Waals surface area contributed by atoms with Crippen LogP contribution in [-0.2, 0) is 45.5 Å². The second kappa shape index (κ2) is 10.3. The van der Waals surface area contributed by atoms with Crippen LogP contribution in [0.15, 0.2) is 41.3 Å². The minimum atomic E-state index is -3.58. The lowest BCUT2D eigenvalue weighted by atomic mass is 9.89. The van der Waals surface area contributed by atoms with Gasteiger partial charge in [0.25, 0.3) is 0 Å². The van der Waals surface area contributed by atoms with Crippen LogP contribution in [0.2, 0.25) is 0 Å². The summed E-state index contributed by atoms with van der Waals surface area (Å²) in [5.74, 6) is -0.0103. The molecule has 0 fully saturated rings. The van der Waals surface area contributed by atoms with Gasteiger partial charge in [0.1, 0.15) is 12.4 Å². The number of benzene rings is 2. The zero-order valence-corrected chi connectivity index (χ0v) is 21.2. The van der Waals surface area contributed by atoms with Gasteiger partial charge in [0.15, 0.2) is 5.78 Å². The third-order valence-corrected chi connectivity index (χ3v) is 8.29. The second-order valence-electron chi connectivity index (χ2n) is 8.98. The molecule has 3 aromatic rings. The fourth-order valence-corrected chi connectivity index (χ4v) is 5.40. The Morgan fingerprint density at radius 2 is 1.77 bits per heavy atom. The number of carbonyl (C=O) groups excluding carboxylic acids is 2. The Bertz CT molecular complexity index is 1380. The summed E-state index contributed by atoms with van der Waals surface area (Å²) in [6.45, 7) is 2.47. The topological polar surface area (TPSA) is 98.6 Å². The highest BCUT2D eigenvalue weighted by atomic mass is 32.2. The number of ketones is 1. The highest BCUT2D eigenvalue weighted by Gasteiger charge is 2.20. The van der Waals surface area contributed by atoms with Crippen LogP contribution in [-0.4, -0.2) is 48.1 Å². The molecule has 0 saturated heterocycles. The van der Waals surface area contributed by atoms with Crippen molar-refractivity contribution in [2.45, 2.75) is 63.5 Å². The standard InChI is InChI=1S/C26H31N3O5S/c1-4-29-23-12-11-21(35(32,33)28(2)3)16-22(23)27-25(29)17-34-26(31)14-13-24(30)20-10-9-18-7-5-6-8-19(18)15-20/h9-12,15-16H,4-8,13-14,17H2,1-3H3. The van der Waals surface area contributed by atoms with E-state index < -0.39 is 16.0 Å². The normalized spacial score (nSPS) is 13.7. The number of nitrogens with zero attached hydrogens (tertiary/aromatic N) is 3. The number of Topliss-reactive ketones (excluding diaryl/α,β-unsaturated/α-hetero) is 1. The van der Waals surface area contributed by atoms with Crippen LogP contribution in [0, 0.1) is 0 Å². The van der Waals surface area contributed by atoms with Crippen molar-refractivity contribution in [3.63, 3.8) is 0 Å². The number of rotatable bonds is 9. The number of fused-ring (bicyclic) bond motifs is 2. The van der Waals surface area contributed by atoms with Crippen LogP contribution in [0.1, 0.15) is 59.9 Å². The largest absolute Gasteiger partial charge is 0.457 e. The van der Waals surface area contributed by atoms with Gasteiger partial charge in [-0.1, -0.05) is 12.1 Å². The molecular weight excluding hydrogens is 466 g/mol. The predicted octanol–water partition coefficient (Wildman–Crippen LogP) is 3.89. The molecule has 9 heteroatoms. The molecule has 0 saturated carbocycles. The van der Waals surface area contributed by atoms with E-state index in [1.54, 1.807) is 12.1 Å². The van der Waals surface area contributed by atoms with Gasteiger partial charge in [0.05, 0.1) is 22.3 Å². The first-order valence-electron chi connectivity index (χ1n) is 11.9. The lowest BCUT2D eigenvalue weighted by Crippen LogP contribution is -2.22. The van der Waals surface area contributed by atoms with E-state index in [0.29, 0.717) is 23.4 Å². The molecule has 35 heavy (non-hydrogen) atoms. The molecule has 8 nitrogen and oxygen atoms in total. The number of aromatic nitrogens is 2. The number of carbonyl (C=O) groups is 2. The van der Waals surface area contributed by atoms with E-state index in [4.69, 9.17) is 4.74 Å². The minimum absolute atomic E-state index is 0.00645. The van der Waals surface area contributed by atoms with Gasteiger partial charge in [-0.05, 0) is 68.0 Å². The van der Waals surface area contributed by atoms with Crippen LogP contribution in [0.4, 0.5) is 0 Å². The van der Waals surface area contributed by atoms with Crippen molar-refractivity contribution in [3.05, 3.63) is 58.9 Å². The van der Waals surface area contributed by atoms with Crippen molar-refractivity contribution < 1.29 is 22.7 Å². The molecular formula is C26H31N3O5S. The van der Waals surface area contributed by atoms with Gasteiger partial charge < -0.3 is 9.30 Å². The Morgan fingerprint density at radius 3 is 2.49 bits per heavy atom. The first kappa shape index (κ1) is 25.1. The smallest absolute Gasteiger partial charge is 0.306 e. The van der Waals surface area contributed by atoms with E-state index >= 15 is 0 Å². The Hall–Kier alpha value is -3.04. The Kier molecular flexibility index (Phi) is 7.37. The average molecular weight is 498 g/mol. The van der Waals surface area contributed by atoms with E-state index in [1.807, 2.05) is 29.7 Å². The van der Waals surface area contributed by atoms with Gasteiger partial charge in [-0.3, -0.25) is 9.59 Å². The summed E-state index contributed by atoms with van der Waals surface area (Å²) in [6.07, 6.45) is 4.48. The maximum Gasteiger partial charge on any atom is 0.306 e. The summed E-state index contributed by atoms with van der Waals surface area (Å²) < 4.78 is 33.3. The Morgan fingerprint density at radius 1 is 1.03 bits per heavy atom. The molecule has 0 radical (unpaired) electrons. The van der Waals surface area contributed by atoms with Crippen molar-refractivity contribution in [1.29, 1.82) is 0 Å². The van der Waals surface area contributed by atoms with Gasteiger partial charge in [-0.15, -0.1) is 0 Å². The molecule has 0 atom stereocenters. The van der Waals surface area contributed by atoms with Crippen LogP contribution >= 0.6 is 0 Å². The molecule has 1 aliphatic carbocycles. The minimum Gasteiger partial charge on any atom is -0.457 e. The van der Waals surface area contributed by atoms with E-state index in [1.165, 1.54) is 37.7 Å². The molecule has 1 aliphatic rings. The summed E-state index contributed by atoms with van der Waals surface area (Å²) in [7, 11) is -0.626. The Balaban J connectivity index is 1.39. The summed E-state index contributed by atoms with van der Waals surface area (Å²) in [4.78, 5) is 29.6. The molecule has 186 valence electrons. The summed E-state index contributed by atoms with van der Waals surface area (Å²) in [5, 5.41) is 0. The third kappa shape index (κ3) is 5.31. The lowest BCUT2D eigenvalue weighted by molar-refractivity contribution is -0.145. The molecule has 2 aromatic carbocycles. The molecule has 0 N–H and O–H groups in total. The number of imidazole rings is 1. The van der Waals surface area contributed by atoms with Gasteiger partial charge in [-0.25, -0.2) is 17.7 Å². The maximum absolute atomic E-state index is 12.6. The van der Waals surface area contributed by atoms with Crippen molar-refractivity contribution >= 4 is 32.8 Å². The van der Waals surface area contributed by atoms with Gasteiger partial charge in [-0.2, -0.15) is 0 Å². The summed E-state index contributed by atoms with van der Waals surface area (Å²) >= 11 is 0. The highest BCUT2D eigenvalue weighted by molar-refractivity contribution is 7.89. The second-order valence-corrected chi connectivity index (χ2v) is 11.1. The zero-order chi connectivity index (χ0) is 25.2. The predicted molar refractivity (Wildman–Crippen MR) is 133 cm³/mol. The first-order chi connectivity index (χ1) is 16.7. The highest BCUT2D eigenvalue weighted by Crippen LogP contribution is 2.24. The van der Waals surface area contributed by atoms with Crippen molar-refractivity contribution in [1.82, 2.24) is 13.9 Å². The maximum atomic E-state index is 12.6. The number of ether oxygens (including phenoxy) is 1. The molecule has 1 aromatic heterocycles. The quantitative estimate of drug-likeness (QED) is 0.329. The first-order valence-corrected chi connectivity index (χ1v) is 13.4. The number of hydrogen-bond donors (Lipinski definition) is 0. The van der Waals surface area contributed by atoms with Crippen molar-refractivity contribution in [3.8, 4) is 0 Å². The van der Waals surface area contributed by atoms with E-state index in [2.05, 4.69) is 4.98 Å². The van der Waals surface area contributed by atoms with E-state index in [9.17, 15) is 18.0 Å². The van der Waals surface area contributed by atoms with Crippen LogP contribution in [0.25, 0.3) is 11.0 Å². The number of esters is 1. The zero-order valence-electron chi connectivity index (χ0n) is 20.4. The van der Waals surface area contributed by atoms with Gasteiger partial charge in [0.2, 0.25) is 10.0 Å². The van der Waals surface area contributed by atoms with Crippen LogP contribution < -0.4 is 0 Å². The fourth-order valence-electron chi connectivity index (χ4n) is 4.48. The number of sulfonamides is 1. The lowest BCUT2D eigenvalue weighted by Gasteiger charge is -2.16. The van der Waals surface area contributed by atoms with E-state index in [-0.39, 0.29) is 30.1 Å². The SMILES string of the molecule is CCn1c(COC(=O)CCC(=O)c2ccc3c(c2)CCCC3)nc2cc(S(=O)(=O)N(C)C)ccc21. The molecule has 0 aliphatic heterocycles. The Labute approximate surface area is 206 Å². The van der Waals surface area contributed by atoms with Gasteiger partial charge >= 0.3 is 5.97 Å². The molecule has 1 heterocycles. The molecule has 0 unspecified atom stereocenters. The fraction of sp³-hybridized carbons (Fsp3) is 0.423. The number of hydrogen-bond acceptors (Lipinski definition) is 6. The molecule has 0 spiro atoms. The number of aryl methyl sites for hydroxylation is 3. The molecule has 0 bridgehead atoms. The monoisotopic (exact) mass is 497 g/mol. The van der Waals surface area contributed by atoms with Crippen molar-refractivity contribution in [2.75, 3.05) is 14.1 Å². The van der Waals surface area contributed by atoms with E-state index in [0.717, 1.165) is 29.1 Å². The van der Waals surface area contributed by atoms with Gasteiger partial charge in [0, 0.05) is 32.6 Å². The third-order valence-electron chi connectivity index (χ3n) is 6.48. The van der Waals surface area contributed by atoms with Crippen LogP contribution in [0.5, 0.6) is 0 Å².